The molecule has 0 fully saturated rings. The lowest BCUT2D eigenvalue weighted by Crippen LogP contribution is -2.29. The molecule has 1 rings (SSSR count). The summed E-state index contributed by atoms with van der Waals surface area (Å²) in [7, 11) is -4.06. The number of carboxylic acid groups (broad SMARTS) is 1. The average molecular weight is 278 g/mol. The molecule has 100 valence electrons. The van der Waals surface area contributed by atoms with Crippen molar-refractivity contribution in [1.29, 1.82) is 0 Å². The van der Waals surface area contributed by atoms with Gasteiger partial charge in [-0.25, -0.2) is 27.3 Å². The number of rotatable bonds is 7. The van der Waals surface area contributed by atoms with E-state index in [2.05, 4.69) is 9.72 Å². The largest absolute Gasteiger partial charge is 0.480 e. The predicted molar refractivity (Wildman–Crippen MR) is 57.8 cm³/mol. The molecule has 9 heteroatoms. The van der Waals surface area contributed by atoms with Gasteiger partial charge in [-0.1, -0.05) is 0 Å². The summed E-state index contributed by atoms with van der Waals surface area (Å²) >= 11 is 0. The van der Waals surface area contributed by atoms with Crippen molar-refractivity contribution >= 4 is 16.0 Å². The monoisotopic (exact) mass is 278 g/mol. The molecular weight excluding hydrogens is 267 g/mol. The minimum atomic E-state index is -4.06. The Bertz CT molecular complexity index is 519. The molecule has 7 nitrogen and oxygen atoms in total. The van der Waals surface area contributed by atoms with E-state index in [1.165, 1.54) is 6.07 Å². The van der Waals surface area contributed by atoms with Crippen LogP contribution in [-0.2, 0) is 19.6 Å². The van der Waals surface area contributed by atoms with Crippen LogP contribution in [0.15, 0.2) is 23.4 Å². The maximum absolute atomic E-state index is 13.2. The molecule has 0 radical (unpaired) electrons. The van der Waals surface area contributed by atoms with Gasteiger partial charge in [-0.15, -0.1) is 0 Å². The number of aromatic nitrogens is 1. The zero-order valence-electron chi connectivity index (χ0n) is 9.17. The molecule has 0 aromatic carbocycles. The Balaban J connectivity index is 2.51. The fraction of sp³-hybridized carbons (Fsp3) is 0.333. The molecular formula is C9H11FN2O5S. The third kappa shape index (κ3) is 4.35. The second-order valence-electron chi connectivity index (χ2n) is 3.13. The van der Waals surface area contributed by atoms with Crippen molar-refractivity contribution in [3.05, 3.63) is 24.1 Å². The Kier molecular flexibility index (Phi) is 5.13. The number of pyridine rings is 1. The van der Waals surface area contributed by atoms with Gasteiger partial charge in [-0.3, -0.25) is 0 Å². The Labute approximate surface area is 103 Å². The van der Waals surface area contributed by atoms with Gasteiger partial charge < -0.3 is 9.84 Å². The van der Waals surface area contributed by atoms with E-state index < -0.39 is 33.4 Å². The number of carboxylic acids is 1. The van der Waals surface area contributed by atoms with Gasteiger partial charge in [-0.05, 0) is 12.1 Å². The highest BCUT2D eigenvalue weighted by atomic mass is 32.2. The van der Waals surface area contributed by atoms with Crippen LogP contribution in [0.1, 0.15) is 0 Å². The Morgan fingerprint density at radius 3 is 2.89 bits per heavy atom. The summed E-state index contributed by atoms with van der Waals surface area (Å²) in [5.41, 5.74) is 0. The van der Waals surface area contributed by atoms with Crippen LogP contribution in [0.2, 0.25) is 0 Å². The number of sulfonamides is 1. The first-order valence-corrected chi connectivity index (χ1v) is 6.31. The molecule has 1 heterocycles. The maximum atomic E-state index is 13.2. The van der Waals surface area contributed by atoms with Gasteiger partial charge in [0.25, 0.3) is 10.0 Å². The maximum Gasteiger partial charge on any atom is 0.329 e. The average Bonchev–Trinajstić information content (AvgIpc) is 2.28. The van der Waals surface area contributed by atoms with E-state index in [4.69, 9.17) is 5.11 Å². The lowest BCUT2D eigenvalue weighted by Gasteiger charge is -2.06. The highest BCUT2D eigenvalue weighted by molar-refractivity contribution is 7.89. The first-order valence-electron chi connectivity index (χ1n) is 4.83. The highest BCUT2D eigenvalue weighted by Gasteiger charge is 2.19. The quantitative estimate of drug-likeness (QED) is 0.657. The topological polar surface area (TPSA) is 106 Å². The molecule has 2 N–H and O–H groups in total. The van der Waals surface area contributed by atoms with E-state index in [1.807, 2.05) is 4.72 Å². The van der Waals surface area contributed by atoms with Gasteiger partial charge >= 0.3 is 5.97 Å². The first-order chi connectivity index (χ1) is 8.43. The second-order valence-corrected chi connectivity index (χ2v) is 4.82. The number of halogens is 1. The van der Waals surface area contributed by atoms with Crippen molar-refractivity contribution in [1.82, 2.24) is 9.71 Å². The van der Waals surface area contributed by atoms with E-state index in [1.54, 1.807) is 0 Å². The summed E-state index contributed by atoms with van der Waals surface area (Å²) in [5.74, 6) is -2.12. The number of hydrogen-bond donors (Lipinski definition) is 2. The second kappa shape index (κ2) is 6.38. The number of carbonyl (C=O) groups is 1. The highest BCUT2D eigenvalue weighted by Crippen LogP contribution is 2.08. The summed E-state index contributed by atoms with van der Waals surface area (Å²) in [6.45, 7) is -0.842. The van der Waals surface area contributed by atoms with Crippen LogP contribution in [0, 0.1) is 5.82 Å². The van der Waals surface area contributed by atoms with Gasteiger partial charge in [0.15, 0.2) is 5.82 Å². The molecule has 0 aliphatic rings. The van der Waals surface area contributed by atoms with Crippen molar-refractivity contribution in [3.63, 3.8) is 0 Å². The molecule has 0 aliphatic heterocycles. The third-order valence-corrected chi connectivity index (χ3v) is 3.14. The molecule has 0 amide bonds. The molecule has 0 saturated heterocycles. The number of nitrogens with one attached hydrogen (secondary N) is 1. The molecule has 1 aromatic heterocycles. The normalized spacial score (nSPS) is 11.4. The zero-order chi connectivity index (χ0) is 13.6. The zero-order valence-corrected chi connectivity index (χ0v) is 9.98. The first kappa shape index (κ1) is 14.5. The van der Waals surface area contributed by atoms with E-state index in [0.29, 0.717) is 0 Å². The van der Waals surface area contributed by atoms with Crippen molar-refractivity contribution in [2.75, 3.05) is 19.8 Å². The molecule has 0 spiro atoms. The molecule has 0 atom stereocenters. The third-order valence-electron chi connectivity index (χ3n) is 1.74. The van der Waals surface area contributed by atoms with Crippen LogP contribution in [0.5, 0.6) is 0 Å². The van der Waals surface area contributed by atoms with Gasteiger partial charge in [0.1, 0.15) is 6.61 Å². The fourth-order valence-electron chi connectivity index (χ4n) is 1.04. The summed E-state index contributed by atoms with van der Waals surface area (Å²) in [6.07, 6.45) is 1.15. The SMILES string of the molecule is O=C(O)COCCNS(=O)(=O)c1ncccc1F. The van der Waals surface area contributed by atoms with Gasteiger partial charge in [-0.2, -0.15) is 0 Å². The minimum absolute atomic E-state index is 0.139. The van der Waals surface area contributed by atoms with E-state index in [-0.39, 0.29) is 13.2 Å². The van der Waals surface area contributed by atoms with Crippen LogP contribution in [-0.4, -0.2) is 44.2 Å². The van der Waals surface area contributed by atoms with Crippen LogP contribution in [0.3, 0.4) is 0 Å². The van der Waals surface area contributed by atoms with Crippen molar-refractivity contribution in [2.24, 2.45) is 0 Å². The van der Waals surface area contributed by atoms with Crippen LogP contribution in [0.25, 0.3) is 0 Å². The van der Waals surface area contributed by atoms with Gasteiger partial charge in [0.05, 0.1) is 6.61 Å². The number of hydrogen-bond acceptors (Lipinski definition) is 5. The molecule has 0 unspecified atom stereocenters. The van der Waals surface area contributed by atoms with Crippen LogP contribution < -0.4 is 4.72 Å². The molecule has 18 heavy (non-hydrogen) atoms. The Hall–Kier alpha value is -1.58. The van der Waals surface area contributed by atoms with Crippen molar-refractivity contribution in [2.45, 2.75) is 5.03 Å². The lowest BCUT2D eigenvalue weighted by atomic mass is 10.5. The summed E-state index contributed by atoms with van der Waals surface area (Å²) in [4.78, 5) is 13.5. The predicted octanol–water partition coefficient (Wildman–Crippen LogP) is -0.400. The summed E-state index contributed by atoms with van der Waals surface area (Å²) in [6, 6.07) is 2.24. The molecule has 1 aromatic rings. The van der Waals surface area contributed by atoms with E-state index >= 15 is 0 Å². The lowest BCUT2D eigenvalue weighted by molar-refractivity contribution is -0.142. The molecule has 0 saturated carbocycles. The van der Waals surface area contributed by atoms with Gasteiger partial charge in [0.2, 0.25) is 5.03 Å². The van der Waals surface area contributed by atoms with E-state index in [9.17, 15) is 17.6 Å². The Morgan fingerprint density at radius 2 is 2.28 bits per heavy atom. The number of nitrogens with zero attached hydrogens (tertiary/aromatic N) is 1. The standard InChI is InChI=1S/C9H11FN2O5S/c10-7-2-1-3-11-9(7)18(15,16)12-4-5-17-6-8(13)14/h1-3,12H,4-6H2,(H,13,14). The Morgan fingerprint density at radius 1 is 1.56 bits per heavy atom. The van der Waals surface area contributed by atoms with Crippen molar-refractivity contribution < 1.29 is 27.4 Å². The summed E-state index contributed by atoms with van der Waals surface area (Å²) in [5, 5.41) is 7.56. The van der Waals surface area contributed by atoms with Gasteiger partial charge in [0, 0.05) is 12.7 Å². The smallest absolute Gasteiger partial charge is 0.329 e. The van der Waals surface area contributed by atoms with Crippen LogP contribution >= 0.6 is 0 Å². The fourth-order valence-corrected chi connectivity index (χ4v) is 2.06. The number of ether oxygens (including phenoxy) is 1. The molecule has 0 aliphatic carbocycles. The van der Waals surface area contributed by atoms with Crippen molar-refractivity contribution in [3.8, 4) is 0 Å². The van der Waals surface area contributed by atoms with Crippen LogP contribution in [0.4, 0.5) is 4.39 Å². The number of aliphatic carboxylic acids is 1. The van der Waals surface area contributed by atoms with E-state index in [0.717, 1.165) is 12.3 Å². The summed E-state index contributed by atoms with van der Waals surface area (Å²) < 4.78 is 43.0. The minimum Gasteiger partial charge on any atom is -0.480 e. The molecule has 0 bridgehead atoms.